The number of amides is 2. The van der Waals surface area contributed by atoms with Gasteiger partial charge in [0, 0.05) is 53.5 Å². The number of carbonyl (C=O) groups is 2. The Kier molecular flexibility index (Phi) is 7.94. The van der Waals surface area contributed by atoms with Crippen LogP contribution in [0.5, 0.6) is 5.75 Å². The number of hydrogen-bond acceptors (Lipinski definition) is 8. The number of methoxy groups -OCH3 is 1. The minimum absolute atomic E-state index is 0.100. The Balaban J connectivity index is 1.12. The van der Waals surface area contributed by atoms with E-state index in [0.717, 1.165) is 42.0 Å². The standard InChI is InChI=1S/C35H33F3N6O4/c1-21-6-7-25(40-31(45)22-4-3-5-24(16-22)35(36,37)38)17-28(21)44-20-23-19-39-33(42-30(23)34(10-11-34)32(44)46)41-27-9-8-26(18-29(27)47-2)43-12-14-48-15-13-43/h3-9,16-19H,10-15,20H2,1-2H3,(H,40,45)(H,39,41,42). The van der Waals surface area contributed by atoms with E-state index >= 15 is 0 Å². The van der Waals surface area contributed by atoms with Crippen molar-refractivity contribution in [3.63, 3.8) is 0 Å². The summed E-state index contributed by atoms with van der Waals surface area (Å²) in [6.45, 7) is 5.03. The van der Waals surface area contributed by atoms with E-state index in [1.807, 2.05) is 25.1 Å². The van der Waals surface area contributed by atoms with Gasteiger partial charge in [0.1, 0.15) is 5.75 Å². The average molecular weight is 659 g/mol. The third-order valence-electron chi connectivity index (χ3n) is 9.07. The zero-order valence-electron chi connectivity index (χ0n) is 26.4. The van der Waals surface area contributed by atoms with Gasteiger partial charge in [-0.15, -0.1) is 0 Å². The molecule has 2 fully saturated rings. The predicted octanol–water partition coefficient (Wildman–Crippen LogP) is 6.22. The molecule has 3 aliphatic rings. The van der Waals surface area contributed by atoms with Crippen molar-refractivity contribution in [3.8, 4) is 5.75 Å². The van der Waals surface area contributed by atoms with Crippen LogP contribution >= 0.6 is 0 Å². The molecule has 0 unspecified atom stereocenters. The molecule has 3 heterocycles. The van der Waals surface area contributed by atoms with Crippen molar-refractivity contribution in [1.82, 2.24) is 9.97 Å². The Morgan fingerprint density at radius 3 is 2.56 bits per heavy atom. The summed E-state index contributed by atoms with van der Waals surface area (Å²) in [7, 11) is 1.61. The number of benzene rings is 3. The van der Waals surface area contributed by atoms with Gasteiger partial charge in [0.25, 0.3) is 5.91 Å². The number of nitrogens with zero attached hydrogens (tertiary/aromatic N) is 4. The number of anilines is 5. The van der Waals surface area contributed by atoms with Crippen LogP contribution in [0.15, 0.2) is 66.9 Å². The molecule has 2 N–H and O–H groups in total. The van der Waals surface area contributed by atoms with E-state index < -0.39 is 23.1 Å². The van der Waals surface area contributed by atoms with Crippen molar-refractivity contribution < 1.29 is 32.2 Å². The first-order chi connectivity index (χ1) is 23.1. The van der Waals surface area contributed by atoms with Crippen molar-refractivity contribution in [2.75, 3.05) is 53.8 Å². The summed E-state index contributed by atoms with van der Waals surface area (Å²) in [6, 6.07) is 15.2. The summed E-state index contributed by atoms with van der Waals surface area (Å²) in [5.41, 5.74) is 3.14. The second-order valence-corrected chi connectivity index (χ2v) is 12.2. The van der Waals surface area contributed by atoms with Gasteiger partial charge in [-0.05, 0) is 67.8 Å². The van der Waals surface area contributed by atoms with E-state index in [0.29, 0.717) is 60.5 Å². The fraction of sp³-hybridized carbons (Fsp3) is 0.314. The van der Waals surface area contributed by atoms with Crippen LogP contribution in [0.2, 0.25) is 0 Å². The molecule has 10 nitrogen and oxygen atoms in total. The highest BCUT2D eigenvalue weighted by atomic mass is 19.4. The highest BCUT2D eigenvalue weighted by Crippen LogP contribution is 2.53. The van der Waals surface area contributed by atoms with E-state index in [2.05, 4.69) is 20.5 Å². The fourth-order valence-corrected chi connectivity index (χ4v) is 6.31. The van der Waals surface area contributed by atoms with Gasteiger partial charge >= 0.3 is 6.18 Å². The molecule has 1 aromatic heterocycles. The maximum Gasteiger partial charge on any atom is 0.416 e. The Hall–Kier alpha value is -5.17. The van der Waals surface area contributed by atoms with E-state index in [-0.39, 0.29) is 18.0 Å². The van der Waals surface area contributed by atoms with Gasteiger partial charge in [0.2, 0.25) is 11.9 Å². The second kappa shape index (κ2) is 12.1. The van der Waals surface area contributed by atoms with Crippen molar-refractivity contribution in [3.05, 3.63) is 94.8 Å². The number of nitrogens with one attached hydrogen (secondary N) is 2. The van der Waals surface area contributed by atoms with Crippen LogP contribution in [-0.4, -0.2) is 55.2 Å². The molecule has 1 spiro atoms. The second-order valence-electron chi connectivity index (χ2n) is 12.2. The SMILES string of the molecule is COc1cc(N2CCOCC2)ccc1Nc1ncc2c(n1)C1(CC1)C(=O)N(c1cc(NC(=O)c3cccc(C(F)(F)F)c3)ccc1C)C2. The first-order valence-corrected chi connectivity index (χ1v) is 15.6. The lowest BCUT2D eigenvalue weighted by atomic mass is 9.91. The van der Waals surface area contributed by atoms with Gasteiger partial charge in [-0.3, -0.25) is 9.59 Å². The Morgan fingerprint density at radius 2 is 1.83 bits per heavy atom. The number of aryl methyl sites for hydroxylation is 1. The van der Waals surface area contributed by atoms with Gasteiger partial charge < -0.3 is 29.9 Å². The number of carbonyl (C=O) groups excluding carboxylic acids is 2. The maximum absolute atomic E-state index is 14.1. The molecule has 248 valence electrons. The fourth-order valence-electron chi connectivity index (χ4n) is 6.31. The lowest BCUT2D eigenvalue weighted by Crippen LogP contribution is -2.45. The Morgan fingerprint density at radius 1 is 1.04 bits per heavy atom. The highest BCUT2D eigenvalue weighted by Gasteiger charge is 2.58. The van der Waals surface area contributed by atoms with Crippen LogP contribution in [0.3, 0.4) is 0 Å². The average Bonchev–Trinajstić information content (AvgIpc) is 3.90. The molecule has 0 atom stereocenters. The number of halogens is 3. The number of fused-ring (bicyclic) bond motifs is 2. The zero-order valence-corrected chi connectivity index (χ0v) is 26.4. The molecule has 7 rings (SSSR count). The molecular formula is C35H33F3N6O4. The largest absolute Gasteiger partial charge is 0.494 e. The molecule has 2 amide bonds. The number of aromatic nitrogens is 2. The van der Waals surface area contributed by atoms with Crippen molar-refractivity contribution in [2.45, 2.75) is 37.9 Å². The van der Waals surface area contributed by atoms with E-state index in [4.69, 9.17) is 14.5 Å². The quantitative estimate of drug-likeness (QED) is 0.241. The summed E-state index contributed by atoms with van der Waals surface area (Å²) in [4.78, 5) is 40.3. The normalized spacial score (nSPS) is 16.8. The van der Waals surface area contributed by atoms with Crippen LogP contribution in [0.25, 0.3) is 0 Å². The lowest BCUT2D eigenvalue weighted by molar-refractivity contribution is -0.137. The molecular weight excluding hydrogens is 625 g/mol. The van der Waals surface area contributed by atoms with Gasteiger partial charge in [-0.25, -0.2) is 9.97 Å². The smallest absolute Gasteiger partial charge is 0.416 e. The molecule has 0 radical (unpaired) electrons. The van der Waals surface area contributed by atoms with Crippen molar-refractivity contribution in [1.29, 1.82) is 0 Å². The van der Waals surface area contributed by atoms with Crippen molar-refractivity contribution >= 4 is 40.5 Å². The minimum Gasteiger partial charge on any atom is -0.494 e. The highest BCUT2D eigenvalue weighted by molar-refractivity contribution is 6.07. The van der Waals surface area contributed by atoms with E-state index in [1.54, 1.807) is 36.4 Å². The number of hydrogen-bond donors (Lipinski definition) is 2. The van der Waals surface area contributed by atoms with Crippen LogP contribution < -0.4 is 25.2 Å². The van der Waals surface area contributed by atoms with Crippen molar-refractivity contribution in [2.24, 2.45) is 0 Å². The van der Waals surface area contributed by atoms with Gasteiger partial charge in [-0.1, -0.05) is 12.1 Å². The summed E-state index contributed by atoms with van der Waals surface area (Å²) in [5, 5.41) is 5.95. The van der Waals surface area contributed by atoms with E-state index in [1.165, 1.54) is 12.1 Å². The third-order valence-corrected chi connectivity index (χ3v) is 9.07. The van der Waals surface area contributed by atoms with E-state index in [9.17, 15) is 22.8 Å². The summed E-state index contributed by atoms with van der Waals surface area (Å²) in [5.74, 6) is 0.204. The molecule has 48 heavy (non-hydrogen) atoms. The monoisotopic (exact) mass is 658 g/mol. The minimum atomic E-state index is -4.57. The zero-order chi connectivity index (χ0) is 33.6. The molecule has 1 saturated heterocycles. The summed E-state index contributed by atoms with van der Waals surface area (Å²) < 4.78 is 50.8. The Labute approximate surface area is 274 Å². The number of morpholine rings is 1. The Bertz CT molecular complexity index is 1910. The van der Waals surface area contributed by atoms with Crippen LogP contribution in [-0.2, 0) is 27.7 Å². The first kappa shape index (κ1) is 31.4. The molecule has 0 bridgehead atoms. The lowest BCUT2D eigenvalue weighted by Gasteiger charge is -2.34. The van der Waals surface area contributed by atoms with Crippen LogP contribution in [0.1, 0.15) is 45.6 Å². The van der Waals surface area contributed by atoms with Gasteiger partial charge in [0.05, 0.1) is 49.2 Å². The summed E-state index contributed by atoms with van der Waals surface area (Å²) in [6.07, 6.45) is -1.57. The molecule has 13 heteroatoms. The number of ether oxygens (including phenoxy) is 2. The predicted molar refractivity (Wildman–Crippen MR) is 174 cm³/mol. The van der Waals surface area contributed by atoms with Crippen LogP contribution in [0.4, 0.5) is 41.9 Å². The number of rotatable bonds is 7. The number of alkyl halides is 3. The first-order valence-electron chi connectivity index (χ1n) is 15.6. The molecule has 1 aliphatic carbocycles. The van der Waals surface area contributed by atoms with Gasteiger partial charge in [-0.2, -0.15) is 13.2 Å². The maximum atomic E-state index is 14.1. The molecule has 3 aromatic carbocycles. The molecule has 2 aliphatic heterocycles. The summed E-state index contributed by atoms with van der Waals surface area (Å²) >= 11 is 0. The van der Waals surface area contributed by atoms with Gasteiger partial charge in [0.15, 0.2) is 0 Å². The van der Waals surface area contributed by atoms with Crippen LogP contribution in [0, 0.1) is 6.92 Å². The molecule has 1 saturated carbocycles. The topological polar surface area (TPSA) is 109 Å². The molecule has 4 aromatic rings. The third kappa shape index (κ3) is 5.89.